The normalized spacial score (nSPS) is 10.1. The molecule has 5 nitrogen and oxygen atoms in total. The van der Waals surface area contributed by atoms with Crippen LogP contribution in [-0.4, -0.2) is 18.9 Å². The standard InChI is InChI=1S/C16H14ClFN2O3/c1-9(21)19-11-4-6-15(23-2)14(8-11)20-16(22)12-7-10(17)3-5-13(12)18/h3-8H,1-2H3,(H,19,21)(H,20,22). The number of carbonyl (C=O) groups excluding carboxylic acids is 2. The lowest BCUT2D eigenvalue weighted by Crippen LogP contribution is -2.15. The molecule has 0 aromatic heterocycles. The molecule has 120 valence electrons. The Hall–Kier alpha value is -2.60. The summed E-state index contributed by atoms with van der Waals surface area (Å²) < 4.78 is 18.9. The second-order valence-corrected chi connectivity index (χ2v) is 5.11. The van der Waals surface area contributed by atoms with Gasteiger partial charge in [0.1, 0.15) is 11.6 Å². The first-order chi connectivity index (χ1) is 10.9. The molecule has 2 aromatic rings. The molecule has 2 amide bonds. The molecule has 0 saturated carbocycles. The summed E-state index contributed by atoms with van der Waals surface area (Å²) in [5, 5.41) is 5.38. The van der Waals surface area contributed by atoms with E-state index >= 15 is 0 Å². The quantitative estimate of drug-likeness (QED) is 0.894. The highest BCUT2D eigenvalue weighted by molar-refractivity contribution is 6.31. The number of methoxy groups -OCH3 is 1. The molecule has 0 spiro atoms. The van der Waals surface area contributed by atoms with E-state index in [9.17, 15) is 14.0 Å². The van der Waals surface area contributed by atoms with Crippen LogP contribution in [0.5, 0.6) is 5.75 Å². The zero-order valence-corrected chi connectivity index (χ0v) is 13.2. The highest BCUT2D eigenvalue weighted by atomic mass is 35.5. The molecule has 0 aliphatic rings. The summed E-state index contributed by atoms with van der Waals surface area (Å²) >= 11 is 5.79. The van der Waals surface area contributed by atoms with Crippen molar-refractivity contribution in [2.45, 2.75) is 6.92 Å². The predicted molar refractivity (Wildman–Crippen MR) is 86.7 cm³/mol. The van der Waals surface area contributed by atoms with Crippen LogP contribution in [0.3, 0.4) is 0 Å². The second kappa shape index (κ2) is 7.11. The van der Waals surface area contributed by atoms with Gasteiger partial charge in [-0.25, -0.2) is 4.39 Å². The molecular weight excluding hydrogens is 323 g/mol. The Bertz CT molecular complexity index is 765. The van der Waals surface area contributed by atoms with Crippen molar-refractivity contribution in [3.63, 3.8) is 0 Å². The van der Waals surface area contributed by atoms with E-state index in [4.69, 9.17) is 16.3 Å². The van der Waals surface area contributed by atoms with E-state index in [1.54, 1.807) is 12.1 Å². The van der Waals surface area contributed by atoms with Crippen LogP contribution in [0.1, 0.15) is 17.3 Å². The van der Waals surface area contributed by atoms with Crippen LogP contribution in [0.4, 0.5) is 15.8 Å². The Balaban J connectivity index is 2.32. The van der Waals surface area contributed by atoms with Crippen LogP contribution in [0, 0.1) is 5.82 Å². The zero-order valence-electron chi connectivity index (χ0n) is 12.4. The van der Waals surface area contributed by atoms with E-state index < -0.39 is 11.7 Å². The predicted octanol–water partition coefficient (Wildman–Crippen LogP) is 3.70. The zero-order chi connectivity index (χ0) is 17.0. The van der Waals surface area contributed by atoms with Gasteiger partial charge < -0.3 is 15.4 Å². The molecule has 23 heavy (non-hydrogen) atoms. The summed E-state index contributed by atoms with van der Waals surface area (Å²) in [5.41, 5.74) is 0.577. The topological polar surface area (TPSA) is 67.4 Å². The first-order valence-electron chi connectivity index (χ1n) is 6.62. The van der Waals surface area contributed by atoms with E-state index in [-0.39, 0.29) is 16.5 Å². The van der Waals surface area contributed by atoms with Crippen molar-refractivity contribution in [1.29, 1.82) is 0 Å². The molecule has 0 heterocycles. The third-order valence-electron chi connectivity index (χ3n) is 2.94. The average molecular weight is 337 g/mol. The molecule has 0 aliphatic carbocycles. The Morgan fingerprint density at radius 1 is 1.13 bits per heavy atom. The highest BCUT2D eigenvalue weighted by Crippen LogP contribution is 2.28. The molecule has 2 N–H and O–H groups in total. The van der Waals surface area contributed by atoms with Gasteiger partial charge in [-0.05, 0) is 36.4 Å². The van der Waals surface area contributed by atoms with Crippen LogP contribution in [0.25, 0.3) is 0 Å². The largest absolute Gasteiger partial charge is 0.495 e. The number of amides is 2. The molecule has 0 unspecified atom stereocenters. The van der Waals surface area contributed by atoms with Gasteiger partial charge in [0.15, 0.2) is 0 Å². The van der Waals surface area contributed by atoms with Crippen molar-refractivity contribution in [2.75, 3.05) is 17.7 Å². The summed E-state index contributed by atoms with van der Waals surface area (Å²) in [4.78, 5) is 23.3. The fraction of sp³-hybridized carbons (Fsp3) is 0.125. The van der Waals surface area contributed by atoms with Crippen LogP contribution in [0.15, 0.2) is 36.4 Å². The summed E-state index contributed by atoms with van der Waals surface area (Å²) in [6.07, 6.45) is 0. The lowest BCUT2D eigenvalue weighted by atomic mass is 10.2. The van der Waals surface area contributed by atoms with Crippen molar-refractivity contribution >= 4 is 34.8 Å². The highest BCUT2D eigenvalue weighted by Gasteiger charge is 2.15. The van der Waals surface area contributed by atoms with Gasteiger partial charge in [-0.15, -0.1) is 0 Å². The molecule has 0 bridgehead atoms. The number of nitrogens with one attached hydrogen (secondary N) is 2. The number of anilines is 2. The summed E-state index contributed by atoms with van der Waals surface area (Å²) in [7, 11) is 1.43. The molecule has 7 heteroatoms. The van der Waals surface area contributed by atoms with Gasteiger partial charge in [0.2, 0.25) is 5.91 Å². The summed E-state index contributed by atoms with van der Waals surface area (Å²) in [6.45, 7) is 1.36. The molecular formula is C16H14ClFN2O3. The van der Waals surface area contributed by atoms with Gasteiger partial charge in [0.05, 0.1) is 18.4 Å². The number of halogens is 2. The number of ether oxygens (including phenoxy) is 1. The van der Waals surface area contributed by atoms with Gasteiger partial charge in [-0.3, -0.25) is 9.59 Å². The molecule has 0 atom stereocenters. The average Bonchev–Trinajstić information content (AvgIpc) is 2.49. The van der Waals surface area contributed by atoms with Crippen molar-refractivity contribution in [1.82, 2.24) is 0 Å². The van der Waals surface area contributed by atoms with Gasteiger partial charge in [0, 0.05) is 17.6 Å². The van der Waals surface area contributed by atoms with Crippen molar-refractivity contribution < 1.29 is 18.7 Å². The SMILES string of the molecule is COc1ccc(NC(C)=O)cc1NC(=O)c1cc(Cl)ccc1F. The Morgan fingerprint density at radius 2 is 1.87 bits per heavy atom. The van der Waals surface area contributed by atoms with E-state index in [2.05, 4.69) is 10.6 Å². The Labute approximate surface area is 137 Å². The lowest BCUT2D eigenvalue weighted by molar-refractivity contribution is -0.114. The smallest absolute Gasteiger partial charge is 0.258 e. The monoisotopic (exact) mass is 336 g/mol. The maximum absolute atomic E-state index is 13.7. The molecule has 2 aromatic carbocycles. The van der Waals surface area contributed by atoms with Crippen molar-refractivity contribution in [3.8, 4) is 5.75 Å². The fourth-order valence-electron chi connectivity index (χ4n) is 1.95. The van der Waals surface area contributed by atoms with Gasteiger partial charge in [0.25, 0.3) is 5.91 Å². The molecule has 0 radical (unpaired) electrons. The number of rotatable bonds is 4. The van der Waals surface area contributed by atoms with Gasteiger partial charge in [-0.1, -0.05) is 11.6 Å². The Morgan fingerprint density at radius 3 is 2.52 bits per heavy atom. The van der Waals surface area contributed by atoms with E-state index in [0.29, 0.717) is 17.1 Å². The minimum absolute atomic E-state index is 0.190. The second-order valence-electron chi connectivity index (χ2n) is 4.67. The minimum atomic E-state index is -0.691. The molecule has 0 saturated heterocycles. The number of carbonyl (C=O) groups is 2. The number of hydrogen-bond donors (Lipinski definition) is 2. The van der Waals surface area contributed by atoms with Crippen LogP contribution < -0.4 is 15.4 Å². The van der Waals surface area contributed by atoms with E-state index in [1.807, 2.05) is 0 Å². The Kier molecular flexibility index (Phi) is 5.18. The molecule has 0 aliphatic heterocycles. The van der Waals surface area contributed by atoms with Crippen LogP contribution >= 0.6 is 11.6 Å². The maximum atomic E-state index is 13.7. The van der Waals surface area contributed by atoms with Crippen LogP contribution in [-0.2, 0) is 4.79 Å². The minimum Gasteiger partial charge on any atom is -0.495 e. The molecule has 2 rings (SSSR count). The first kappa shape index (κ1) is 16.8. The van der Waals surface area contributed by atoms with E-state index in [0.717, 1.165) is 6.07 Å². The van der Waals surface area contributed by atoms with Gasteiger partial charge >= 0.3 is 0 Å². The van der Waals surface area contributed by atoms with Crippen molar-refractivity contribution in [2.24, 2.45) is 0 Å². The third kappa shape index (κ3) is 4.20. The number of benzene rings is 2. The van der Waals surface area contributed by atoms with E-state index in [1.165, 1.54) is 32.2 Å². The maximum Gasteiger partial charge on any atom is 0.258 e. The summed E-state index contributed by atoms with van der Waals surface area (Å²) in [5.74, 6) is -1.25. The van der Waals surface area contributed by atoms with Crippen LogP contribution in [0.2, 0.25) is 5.02 Å². The molecule has 0 fully saturated rings. The summed E-state index contributed by atoms with van der Waals surface area (Å²) in [6, 6.07) is 8.41. The van der Waals surface area contributed by atoms with Crippen molar-refractivity contribution in [3.05, 3.63) is 52.8 Å². The number of hydrogen-bond acceptors (Lipinski definition) is 3. The first-order valence-corrected chi connectivity index (χ1v) is 7.00. The lowest BCUT2D eigenvalue weighted by Gasteiger charge is -2.13. The fourth-order valence-corrected chi connectivity index (χ4v) is 2.12. The third-order valence-corrected chi connectivity index (χ3v) is 3.18. The van der Waals surface area contributed by atoms with Gasteiger partial charge in [-0.2, -0.15) is 0 Å².